The highest BCUT2D eigenvalue weighted by molar-refractivity contribution is 5.35. The lowest BCUT2D eigenvalue weighted by Crippen LogP contribution is -2.04. The summed E-state index contributed by atoms with van der Waals surface area (Å²) in [6.07, 6.45) is 6.84. The van der Waals surface area contributed by atoms with Gasteiger partial charge in [0.2, 0.25) is 0 Å². The summed E-state index contributed by atoms with van der Waals surface area (Å²) >= 11 is 0. The van der Waals surface area contributed by atoms with Crippen molar-refractivity contribution in [3.8, 4) is 12.3 Å². The maximum atomic E-state index is 13.2. The number of hydrogen-bond donors (Lipinski definition) is 0. The lowest BCUT2D eigenvalue weighted by molar-refractivity contribution is 0.459. The maximum absolute atomic E-state index is 13.2. The molecule has 1 rings (SSSR count). The summed E-state index contributed by atoms with van der Waals surface area (Å²) < 4.78 is 26.1. The summed E-state index contributed by atoms with van der Waals surface area (Å²) in [4.78, 5) is 0. The molecule has 0 aromatic heterocycles. The van der Waals surface area contributed by atoms with Crippen molar-refractivity contribution in [1.29, 1.82) is 0 Å². The van der Waals surface area contributed by atoms with E-state index in [1.54, 1.807) is 6.92 Å². The molecule has 1 aliphatic rings. The molecular formula is C10H10F2. The van der Waals surface area contributed by atoms with Gasteiger partial charge in [0.1, 0.15) is 11.7 Å². The van der Waals surface area contributed by atoms with Crippen molar-refractivity contribution in [2.24, 2.45) is 5.92 Å². The Bertz CT molecular complexity index is 279. The van der Waals surface area contributed by atoms with Crippen molar-refractivity contribution in [2.75, 3.05) is 0 Å². The van der Waals surface area contributed by atoms with Gasteiger partial charge in [-0.15, -0.1) is 12.3 Å². The first-order valence-electron chi connectivity index (χ1n) is 3.84. The number of allylic oxidation sites excluding steroid dienone is 4. The molecule has 0 aromatic rings. The van der Waals surface area contributed by atoms with Crippen LogP contribution in [0.15, 0.2) is 23.3 Å². The standard InChI is InChI=1S/C10H10F2/c1-3-4-8-9(11)6-5-7(2)10(8)12/h1,6-7H,4-5H2,2H3. The first-order chi connectivity index (χ1) is 5.66. The molecule has 0 aliphatic heterocycles. The van der Waals surface area contributed by atoms with Gasteiger partial charge in [-0.1, -0.05) is 6.92 Å². The summed E-state index contributed by atoms with van der Waals surface area (Å²) in [6.45, 7) is 1.72. The second kappa shape index (κ2) is 3.53. The molecule has 64 valence electrons. The Balaban J connectivity index is 2.96. The Kier molecular flexibility index (Phi) is 2.65. The van der Waals surface area contributed by atoms with Crippen molar-refractivity contribution in [3.63, 3.8) is 0 Å². The lowest BCUT2D eigenvalue weighted by Gasteiger charge is -2.15. The Morgan fingerprint density at radius 3 is 2.92 bits per heavy atom. The fourth-order valence-corrected chi connectivity index (χ4v) is 1.19. The van der Waals surface area contributed by atoms with Gasteiger partial charge >= 0.3 is 0 Å². The van der Waals surface area contributed by atoms with Crippen LogP contribution >= 0.6 is 0 Å². The monoisotopic (exact) mass is 168 g/mol. The predicted molar refractivity (Wildman–Crippen MR) is 44.6 cm³/mol. The summed E-state index contributed by atoms with van der Waals surface area (Å²) in [5.74, 6) is 1.12. The highest BCUT2D eigenvalue weighted by atomic mass is 19.1. The number of halogens is 2. The molecule has 0 aromatic carbocycles. The van der Waals surface area contributed by atoms with Crippen LogP contribution in [0.3, 0.4) is 0 Å². The van der Waals surface area contributed by atoms with E-state index in [0.717, 1.165) is 0 Å². The first kappa shape index (κ1) is 8.99. The molecule has 0 bridgehead atoms. The fourth-order valence-electron chi connectivity index (χ4n) is 1.19. The molecule has 0 fully saturated rings. The number of terminal acetylenes is 1. The minimum Gasteiger partial charge on any atom is -0.211 e. The van der Waals surface area contributed by atoms with Gasteiger partial charge in [0.15, 0.2) is 0 Å². The van der Waals surface area contributed by atoms with E-state index < -0.39 is 11.7 Å². The zero-order valence-corrected chi connectivity index (χ0v) is 6.90. The zero-order chi connectivity index (χ0) is 9.14. The van der Waals surface area contributed by atoms with E-state index in [-0.39, 0.29) is 17.9 Å². The minimum absolute atomic E-state index is 0.0402. The normalized spacial score (nSPS) is 23.5. The molecule has 0 heterocycles. The van der Waals surface area contributed by atoms with Crippen LogP contribution in [0.1, 0.15) is 19.8 Å². The summed E-state index contributed by atoms with van der Waals surface area (Å²) in [5.41, 5.74) is 0.0521. The maximum Gasteiger partial charge on any atom is 0.126 e. The van der Waals surface area contributed by atoms with Crippen LogP contribution in [0.2, 0.25) is 0 Å². The Hall–Kier alpha value is -1.10. The van der Waals surface area contributed by atoms with E-state index in [1.165, 1.54) is 6.08 Å². The Morgan fingerprint density at radius 1 is 1.67 bits per heavy atom. The van der Waals surface area contributed by atoms with Crippen molar-refractivity contribution in [2.45, 2.75) is 19.8 Å². The van der Waals surface area contributed by atoms with Crippen molar-refractivity contribution in [1.82, 2.24) is 0 Å². The molecular weight excluding hydrogens is 158 g/mol. The number of rotatable bonds is 1. The molecule has 1 atom stereocenters. The van der Waals surface area contributed by atoms with Gasteiger partial charge < -0.3 is 0 Å². The molecule has 0 spiro atoms. The number of hydrogen-bond acceptors (Lipinski definition) is 0. The van der Waals surface area contributed by atoms with E-state index in [0.29, 0.717) is 6.42 Å². The molecule has 0 saturated carbocycles. The first-order valence-corrected chi connectivity index (χ1v) is 3.84. The van der Waals surface area contributed by atoms with Crippen LogP contribution in [-0.2, 0) is 0 Å². The van der Waals surface area contributed by atoms with Gasteiger partial charge in [-0.25, -0.2) is 8.78 Å². The average molecular weight is 168 g/mol. The van der Waals surface area contributed by atoms with Crippen LogP contribution < -0.4 is 0 Å². The van der Waals surface area contributed by atoms with Crippen molar-refractivity contribution < 1.29 is 8.78 Å². The van der Waals surface area contributed by atoms with E-state index >= 15 is 0 Å². The van der Waals surface area contributed by atoms with E-state index in [4.69, 9.17) is 6.42 Å². The van der Waals surface area contributed by atoms with Gasteiger partial charge in [0, 0.05) is 17.9 Å². The van der Waals surface area contributed by atoms with Crippen molar-refractivity contribution >= 4 is 0 Å². The molecule has 1 aliphatic carbocycles. The highest BCUT2D eigenvalue weighted by Crippen LogP contribution is 2.32. The predicted octanol–water partition coefficient (Wildman–Crippen LogP) is 3.13. The minimum atomic E-state index is -0.497. The molecule has 12 heavy (non-hydrogen) atoms. The van der Waals surface area contributed by atoms with Gasteiger partial charge in [0.25, 0.3) is 0 Å². The van der Waals surface area contributed by atoms with Gasteiger partial charge in [-0.05, 0) is 12.5 Å². The lowest BCUT2D eigenvalue weighted by atomic mass is 9.94. The molecule has 0 N–H and O–H groups in total. The van der Waals surface area contributed by atoms with Crippen LogP contribution in [0, 0.1) is 18.3 Å². The summed E-state index contributed by atoms with van der Waals surface area (Å²) in [7, 11) is 0. The largest absolute Gasteiger partial charge is 0.211 e. The van der Waals surface area contributed by atoms with Crippen LogP contribution in [0.5, 0.6) is 0 Å². The fraction of sp³-hybridized carbons (Fsp3) is 0.400. The topological polar surface area (TPSA) is 0 Å². The van der Waals surface area contributed by atoms with Crippen LogP contribution in [0.4, 0.5) is 8.78 Å². The quantitative estimate of drug-likeness (QED) is 0.528. The molecule has 0 amide bonds. The van der Waals surface area contributed by atoms with Crippen molar-refractivity contribution in [3.05, 3.63) is 23.3 Å². The Morgan fingerprint density at radius 2 is 2.33 bits per heavy atom. The Labute approximate surface area is 71.0 Å². The average Bonchev–Trinajstić information content (AvgIpc) is 2.06. The van der Waals surface area contributed by atoms with E-state index in [9.17, 15) is 8.78 Å². The third kappa shape index (κ3) is 1.55. The van der Waals surface area contributed by atoms with Crippen LogP contribution in [-0.4, -0.2) is 0 Å². The molecule has 0 saturated heterocycles. The highest BCUT2D eigenvalue weighted by Gasteiger charge is 2.20. The zero-order valence-electron chi connectivity index (χ0n) is 6.90. The summed E-state index contributed by atoms with van der Waals surface area (Å²) in [5, 5.41) is 0. The molecule has 0 radical (unpaired) electrons. The van der Waals surface area contributed by atoms with E-state index in [1.807, 2.05) is 0 Å². The molecule has 1 unspecified atom stereocenters. The second-order valence-electron chi connectivity index (χ2n) is 2.90. The third-order valence-corrected chi connectivity index (χ3v) is 1.94. The van der Waals surface area contributed by atoms with E-state index in [2.05, 4.69) is 5.92 Å². The van der Waals surface area contributed by atoms with Gasteiger partial charge in [0.05, 0.1) is 0 Å². The smallest absolute Gasteiger partial charge is 0.126 e. The van der Waals surface area contributed by atoms with Gasteiger partial charge in [-0.2, -0.15) is 0 Å². The SMILES string of the molecule is C#CCC1=C(F)C(C)CC=C1F. The van der Waals surface area contributed by atoms with Gasteiger partial charge in [-0.3, -0.25) is 0 Å². The second-order valence-corrected chi connectivity index (χ2v) is 2.90. The summed E-state index contributed by atoms with van der Waals surface area (Å²) in [6, 6.07) is 0. The molecule has 2 heteroatoms. The molecule has 0 nitrogen and oxygen atoms in total. The third-order valence-electron chi connectivity index (χ3n) is 1.94. The van der Waals surface area contributed by atoms with Crippen LogP contribution in [0.25, 0.3) is 0 Å².